The number of oxime groups is 1. The molecule has 0 aromatic carbocycles. The van der Waals surface area contributed by atoms with E-state index in [4.69, 9.17) is 20.4 Å². The highest BCUT2D eigenvalue weighted by Crippen LogP contribution is 2.29. The minimum absolute atomic E-state index is 0.167. The van der Waals surface area contributed by atoms with Gasteiger partial charge in [-0.1, -0.05) is 12.1 Å². The van der Waals surface area contributed by atoms with Crippen LogP contribution < -0.4 is 15.2 Å². The van der Waals surface area contributed by atoms with Gasteiger partial charge in [0.2, 0.25) is 0 Å². The van der Waals surface area contributed by atoms with E-state index in [-0.39, 0.29) is 5.84 Å². The maximum atomic E-state index is 8.68. The van der Waals surface area contributed by atoms with Gasteiger partial charge in [-0.25, -0.2) is 0 Å². The summed E-state index contributed by atoms with van der Waals surface area (Å²) >= 11 is 0. The van der Waals surface area contributed by atoms with E-state index in [2.05, 4.69) is 17.1 Å². The Morgan fingerprint density at radius 3 is 2.75 bits per heavy atom. The Labute approximate surface area is 119 Å². The fourth-order valence-electron chi connectivity index (χ4n) is 1.97. The molecule has 0 saturated heterocycles. The monoisotopic (exact) mass is 282 g/mol. The lowest BCUT2D eigenvalue weighted by Gasteiger charge is -2.21. The highest BCUT2D eigenvalue weighted by atomic mass is 16.5. The first-order valence-corrected chi connectivity index (χ1v) is 6.40. The Hall–Kier alpha value is -2.02. The molecular weight excluding hydrogens is 260 g/mol. The van der Waals surface area contributed by atoms with Crippen LogP contribution in [0.2, 0.25) is 0 Å². The summed E-state index contributed by atoms with van der Waals surface area (Å²) in [6.45, 7) is 3.77. The minimum atomic E-state index is 0.167. The third-order valence-corrected chi connectivity index (χ3v) is 2.79. The van der Waals surface area contributed by atoms with Crippen LogP contribution in [0.1, 0.15) is 19.0 Å². The molecule has 1 aromatic heterocycles. The van der Waals surface area contributed by atoms with Crippen molar-refractivity contribution in [3.8, 4) is 11.5 Å². The summed E-state index contributed by atoms with van der Waals surface area (Å²) in [7, 11) is 3.17. The van der Waals surface area contributed by atoms with Crippen molar-refractivity contribution >= 4 is 5.84 Å². The Balaban J connectivity index is 2.92. The molecule has 7 nitrogen and oxygen atoms in total. The van der Waals surface area contributed by atoms with E-state index in [1.165, 1.54) is 0 Å². The predicted octanol–water partition coefficient (Wildman–Crippen LogP) is 1.06. The number of hydrogen-bond acceptors (Lipinski definition) is 6. The molecule has 0 radical (unpaired) electrons. The maximum absolute atomic E-state index is 8.68. The highest BCUT2D eigenvalue weighted by molar-refractivity contribution is 5.81. The first kappa shape index (κ1) is 16.0. The quantitative estimate of drug-likeness (QED) is 0.320. The van der Waals surface area contributed by atoms with Gasteiger partial charge < -0.3 is 20.4 Å². The number of amidine groups is 1. The van der Waals surface area contributed by atoms with Crippen LogP contribution in [0, 0.1) is 0 Å². The Morgan fingerprint density at radius 2 is 2.20 bits per heavy atom. The number of methoxy groups -OCH3 is 2. The molecule has 0 saturated carbocycles. The molecular formula is C13H22N4O3. The van der Waals surface area contributed by atoms with E-state index < -0.39 is 0 Å². The smallest absolute Gasteiger partial charge is 0.183 e. The van der Waals surface area contributed by atoms with Crippen LogP contribution in [0.25, 0.3) is 0 Å². The molecule has 0 atom stereocenters. The molecule has 0 fully saturated rings. The van der Waals surface area contributed by atoms with E-state index in [0.717, 1.165) is 18.7 Å². The number of pyridine rings is 1. The van der Waals surface area contributed by atoms with Gasteiger partial charge in [0, 0.05) is 18.8 Å². The molecule has 0 unspecified atom stereocenters. The van der Waals surface area contributed by atoms with E-state index in [1.54, 1.807) is 26.5 Å². The maximum Gasteiger partial charge on any atom is 0.183 e. The summed E-state index contributed by atoms with van der Waals surface area (Å²) in [5.74, 6) is 1.41. The van der Waals surface area contributed by atoms with Crippen molar-refractivity contribution in [2.45, 2.75) is 19.9 Å². The second kappa shape index (κ2) is 8.21. The van der Waals surface area contributed by atoms with Crippen LogP contribution in [0.15, 0.2) is 17.4 Å². The Bertz CT molecular complexity index is 451. The second-order valence-electron chi connectivity index (χ2n) is 4.30. The topological polar surface area (TPSA) is 93.2 Å². The van der Waals surface area contributed by atoms with Gasteiger partial charge in [-0.2, -0.15) is 0 Å². The van der Waals surface area contributed by atoms with Crippen LogP contribution in [-0.2, 0) is 6.54 Å². The van der Waals surface area contributed by atoms with Crippen molar-refractivity contribution < 1.29 is 14.7 Å². The number of aromatic nitrogens is 1. The molecule has 1 rings (SSSR count). The molecule has 0 amide bonds. The van der Waals surface area contributed by atoms with Crippen LogP contribution in [0.4, 0.5) is 0 Å². The summed E-state index contributed by atoms with van der Waals surface area (Å²) in [6.07, 6.45) is 2.62. The van der Waals surface area contributed by atoms with Gasteiger partial charge in [0.05, 0.1) is 20.8 Å². The average molecular weight is 282 g/mol. The molecule has 3 N–H and O–H groups in total. The highest BCUT2D eigenvalue weighted by Gasteiger charge is 2.15. The third kappa shape index (κ3) is 4.27. The fourth-order valence-corrected chi connectivity index (χ4v) is 1.97. The van der Waals surface area contributed by atoms with Crippen LogP contribution in [0.5, 0.6) is 11.5 Å². The first-order valence-electron chi connectivity index (χ1n) is 6.40. The van der Waals surface area contributed by atoms with Crippen LogP contribution in [0.3, 0.4) is 0 Å². The zero-order chi connectivity index (χ0) is 15.0. The number of nitrogens with zero attached hydrogens (tertiary/aromatic N) is 3. The Kier molecular flexibility index (Phi) is 6.58. The SMILES string of the molecule is CCCN(C/C(N)=N/O)Cc1nccc(OC)c1OC. The standard InChI is InChI=1S/C13H22N4O3/c1-4-7-17(9-12(14)16-18)8-10-13(20-3)11(19-2)5-6-15-10/h5-6,18H,4,7-9H2,1-3H3,(H2,14,16). The summed E-state index contributed by atoms with van der Waals surface area (Å²) in [4.78, 5) is 6.35. The predicted molar refractivity (Wildman–Crippen MR) is 76.3 cm³/mol. The van der Waals surface area contributed by atoms with E-state index >= 15 is 0 Å². The normalized spacial score (nSPS) is 11.7. The van der Waals surface area contributed by atoms with Crippen LogP contribution >= 0.6 is 0 Å². The van der Waals surface area contributed by atoms with E-state index in [9.17, 15) is 0 Å². The third-order valence-electron chi connectivity index (χ3n) is 2.79. The van der Waals surface area contributed by atoms with E-state index in [0.29, 0.717) is 24.6 Å². The van der Waals surface area contributed by atoms with Crippen molar-refractivity contribution in [3.63, 3.8) is 0 Å². The molecule has 20 heavy (non-hydrogen) atoms. The number of rotatable bonds is 8. The molecule has 0 aliphatic rings. The molecule has 0 bridgehead atoms. The van der Waals surface area contributed by atoms with Crippen molar-refractivity contribution in [2.24, 2.45) is 10.9 Å². The molecule has 1 heterocycles. The minimum Gasteiger partial charge on any atom is -0.493 e. The van der Waals surface area contributed by atoms with Gasteiger partial charge >= 0.3 is 0 Å². The number of nitrogens with two attached hydrogens (primary N) is 1. The molecule has 7 heteroatoms. The van der Waals surface area contributed by atoms with Gasteiger partial charge in [0.15, 0.2) is 17.3 Å². The summed E-state index contributed by atoms with van der Waals surface area (Å²) < 4.78 is 10.6. The summed E-state index contributed by atoms with van der Waals surface area (Å²) in [6, 6.07) is 1.75. The first-order chi connectivity index (χ1) is 9.65. The largest absolute Gasteiger partial charge is 0.493 e. The molecule has 0 aliphatic heterocycles. The second-order valence-corrected chi connectivity index (χ2v) is 4.30. The fraction of sp³-hybridized carbons (Fsp3) is 0.538. The van der Waals surface area contributed by atoms with Gasteiger partial charge in [0.1, 0.15) is 5.69 Å². The molecule has 0 spiro atoms. The van der Waals surface area contributed by atoms with Crippen molar-refractivity contribution in [1.82, 2.24) is 9.88 Å². The zero-order valence-electron chi connectivity index (χ0n) is 12.2. The average Bonchev–Trinajstić information content (AvgIpc) is 2.46. The molecule has 0 aliphatic carbocycles. The molecule has 112 valence electrons. The molecule has 1 aromatic rings. The van der Waals surface area contributed by atoms with E-state index in [1.807, 2.05) is 4.90 Å². The van der Waals surface area contributed by atoms with Gasteiger partial charge in [-0.3, -0.25) is 9.88 Å². The zero-order valence-corrected chi connectivity index (χ0v) is 12.2. The Morgan fingerprint density at radius 1 is 1.45 bits per heavy atom. The lowest BCUT2D eigenvalue weighted by atomic mass is 10.2. The van der Waals surface area contributed by atoms with Gasteiger partial charge in [-0.05, 0) is 13.0 Å². The summed E-state index contributed by atoms with van der Waals surface area (Å²) in [5.41, 5.74) is 6.32. The van der Waals surface area contributed by atoms with Gasteiger partial charge in [0.25, 0.3) is 0 Å². The lowest BCUT2D eigenvalue weighted by Crippen LogP contribution is -2.34. The van der Waals surface area contributed by atoms with Crippen molar-refractivity contribution in [2.75, 3.05) is 27.3 Å². The lowest BCUT2D eigenvalue weighted by molar-refractivity contribution is 0.276. The number of ether oxygens (including phenoxy) is 2. The van der Waals surface area contributed by atoms with Crippen molar-refractivity contribution in [1.29, 1.82) is 0 Å². The summed E-state index contributed by atoms with van der Waals surface area (Å²) in [5, 5.41) is 11.7. The number of hydrogen-bond donors (Lipinski definition) is 2. The van der Waals surface area contributed by atoms with Gasteiger partial charge in [-0.15, -0.1) is 0 Å². The van der Waals surface area contributed by atoms with Crippen molar-refractivity contribution in [3.05, 3.63) is 18.0 Å². The van der Waals surface area contributed by atoms with Crippen LogP contribution in [-0.4, -0.2) is 48.2 Å².